The fraction of sp³-hybridized carbons (Fsp3) is 0.522. The molecule has 3 fully saturated rings. The minimum absolute atomic E-state index is 0.0279. The lowest BCUT2D eigenvalue weighted by Crippen LogP contribution is -2.39. The van der Waals surface area contributed by atoms with Gasteiger partial charge < -0.3 is 43.0 Å². The summed E-state index contributed by atoms with van der Waals surface area (Å²) in [5, 5.41) is 0. The van der Waals surface area contributed by atoms with Gasteiger partial charge in [0.15, 0.2) is 41.7 Å². The summed E-state index contributed by atoms with van der Waals surface area (Å²) in [4.78, 5) is 39.7. The van der Waals surface area contributed by atoms with Gasteiger partial charge in [0.25, 0.3) is 7.47 Å². The molecule has 4 aliphatic heterocycles. The van der Waals surface area contributed by atoms with Crippen molar-refractivity contribution < 1.29 is 55.3 Å². The van der Waals surface area contributed by atoms with Gasteiger partial charge in [-0.2, -0.15) is 0 Å². The number of nitrogens with two attached hydrogens (primary N) is 1. The van der Waals surface area contributed by atoms with E-state index >= 15 is 4.39 Å². The fourth-order valence-corrected chi connectivity index (χ4v) is 8.24. The number of ketones is 1. The molecule has 7 heterocycles. The van der Waals surface area contributed by atoms with Crippen LogP contribution in [0.1, 0.15) is 29.2 Å². The summed E-state index contributed by atoms with van der Waals surface area (Å²) in [5.41, 5.74) is 5.94. The number of carbonyl (C=O) groups is 1. The first-order valence-corrected chi connectivity index (χ1v) is 17.8. The molecule has 7 rings (SSSR count). The molecule has 4 unspecified atom stereocenters. The predicted molar refractivity (Wildman–Crippen MR) is 156 cm³/mol. The number of fused-ring (bicyclic) bond motifs is 4. The molecule has 23 heteroatoms. The Hall–Kier alpha value is -2.55. The lowest BCUT2D eigenvalue weighted by Gasteiger charge is -2.30. The van der Waals surface area contributed by atoms with Gasteiger partial charge in [0.1, 0.15) is 48.2 Å². The van der Waals surface area contributed by atoms with Crippen LogP contribution in [0.5, 0.6) is 0 Å². The maximum atomic E-state index is 16.0. The van der Waals surface area contributed by atoms with Gasteiger partial charge in [0.2, 0.25) is 7.57 Å². The van der Waals surface area contributed by atoms with Crippen LogP contribution in [0.3, 0.4) is 0 Å². The first kappa shape index (κ1) is 32.0. The van der Waals surface area contributed by atoms with Crippen molar-refractivity contribution in [3.63, 3.8) is 0 Å². The molecule has 0 bridgehead atoms. The largest absolute Gasteiger partial charge is 0.382 e. The highest BCUT2D eigenvalue weighted by Crippen LogP contribution is 2.54. The third-order valence-electron chi connectivity index (χ3n) is 7.83. The smallest absolute Gasteiger partial charge is 0.325 e. The van der Waals surface area contributed by atoms with Crippen LogP contribution in [-0.4, -0.2) is 106 Å². The number of aliphatic imine (C=N–C) groups is 1. The molecular weight excluding hydrogens is 677 g/mol. The summed E-state index contributed by atoms with van der Waals surface area (Å²) >= 11 is 5.26. The average molecular weight is 701 g/mol. The number of carbonyl (C=O) groups excluding carboxylic acids is 1. The van der Waals surface area contributed by atoms with Gasteiger partial charge in [0.05, 0.1) is 25.1 Å². The Bertz CT molecular complexity index is 1830. The summed E-state index contributed by atoms with van der Waals surface area (Å²) in [6.45, 7) is -5.41. The molecule has 244 valence electrons. The zero-order chi connectivity index (χ0) is 32.5. The molecule has 0 spiro atoms. The molecule has 3 N–H and O–H groups in total. The van der Waals surface area contributed by atoms with Gasteiger partial charge in [-0.1, -0.05) is 0 Å². The first-order valence-electron chi connectivity index (χ1n) is 13.6. The molecule has 0 aromatic carbocycles. The summed E-state index contributed by atoms with van der Waals surface area (Å²) in [6.07, 6.45) is -6.68. The van der Waals surface area contributed by atoms with Crippen LogP contribution in [0.4, 0.5) is 20.4 Å². The van der Waals surface area contributed by atoms with Crippen LogP contribution < -0.4 is 5.73 Å². The van der Waals surface area contributed by atoms with Crippen molar-refractivity contribution in [1.82, 2.24) is 24.1 Å². The zero-order valence-corrected chi connectivity index (χ0v) is 26.2. The van der Waals surface area contributed by atoms with Crippen LogP contribution in [0.2, 0.25) is 0 Å². The van der Waals surface area contributed by atoms with Crippen molar-refractivity contribution >= 4 is 68.4 Å². The molecule has 46 heavy (non-hydrogen) atoms. The maximum Gasteiger partial charge on any atom is 0.325 e. The second-order valence-electron chi connectivity index (χ2n) is 10.6. The maximum absolute atomic E-state index is 16.0. The highest BCUT2D eigenvalue weighted by atomic mass is 32.5. The first-order chi connectivity index (χ1) is 21.9. The lowest BCUT2D eigenvalue weighted by molar-refractivity contribution is -0.0599. The standard InChI is InChI=1S/C23H24BF2N7O10P2S/c1-37-18-17-12(41-23(18)32-4-9(25)13-10(34)2-3-28-20(13)32)5-38-44(24,35)42-16-11(6-39-45(36,46)43-17)40-22(14(16)26)33-8-31-15-19(27)29-7-30-21(15)33/h3-4,7-8,11-12,14,16-18,22-23H,2,5-6H2,1H3,(H,36,46)(H2,27,29,30)/t11-,12-,14?,16+,17?,18+,22-,23-,44?,45?/m1/s1. The van der Waals surface area contributed by atoms with Crippen LogP contribution >= 0.6 is 14.2 Å². The Morgan fingerprint density at radius 2 is 1.87 bits per heavy atom. The van der Waals surface area contributed by atoms with E-state index in [0.29, 0.717) is 0 Å². The average Bonchev–Trinajstić information content (AvgIpc) is 3.74. The molecule has 0 amide bonds. The quantitative estimate of drug-likeness (QED) is 0.295. The zero-order valence-electron chi connectivity index (χ0n) is 23.6. The Balaban J connectivity index is 1.18. The van der Waals surface area contributed by atoms with Crippen LogP contribution in [-0.2, 0) is 48.7 Å². The van der Waals surface area contributed by atoms with Crippen molar-refractivity contribution in [3.8, 4) is 0 Å². The Morgan fingerprint density at radius 1 is 1.13 bits per heavy atom. The molecule has 3 saturated heterocycles. The van der Waals surface area contributed by atoms with Gasteiger partial charge in [-0.15, -0.1) is 0 Å². The molecule has 2 radical (unpaired) electrons. The lowest BCUT2D eigenvalue weighted by atomic mass is 10.1. The third-order valence-corrected chi connectivity index (χ3v) is 10.4. The third kappa shape index (κ3) is 5.56. The number of nitrogens with zero attached hydrogens (tertiary/aromatic N) is 6. The molecule has 17 nitrogen and oxygen atoms in total. The van der Waals surface area contributed by atoms with Crippen molar-refractivity contribution in [3.05, 3.63) is 30.2 Å². The van der Waals surface area contributed by atoms with Gasteiger partial charge >= 0.3 is 6.72 Å². The molecule has 0 saturated carbocycles. The predicted octanol–water partition coefficient (Wildman–Crippen LogP) is 1.80. The van der Waals surface area contributed by atoms with Crippen molar-refractivity contribution in [2.45, 2.75) is 55.6 Å². The monoisotopic (exact) mass is 701 g/mol. The number of hydrogen-bond donors (Lipinski definition) is 2. The summed E-state index contributed by atoms with van der Waals surface area (Å²) in [6, 6.07) is 0. The number of hydrogen-bond acceptors (Lipinski definition) is 15. The van der Waals surface area contributed by atoms with E-state index in [2.05, 4.69) is 19.9 Å². The Labute approximate surface area is 264 Å². The van der Waals surface area contributed by atoms with Crippen molar-refractivity contribution in [2.24, 2.45) is 4.99 Å². The Morgan fingerprint density at radius 3 is 2.65 bits per heavy atom. The van der Waals surface area contributed by atoms with E-state index in [1.54, 1.807) is 0 Å². The Kier molecular flexibility index (Phi) is 8.25. The fourth-order valence-electron chi connectivity index (χ4n) is 5.79. The number of anilines is 1. The minimum atomic E-state index is -4.57. The van der Waals surface area contributed by atoms with E-state index in [9.17, 15) is 18.6 Å². The number of aromatic nitrogens is 5. The molecular formula is C23H24BF2N7O10P2S. The number of Topliss-reactive ketones (excluding diaryl/α,β-unsaturated/α-hetero) is 1. The van der Waals surface area contributed by atoms with E-state index in [4.69, 9.17) is 57.4 Å². The van der Waals surface area contributed by atoms with Gasteiger partial charge in [0, 0.05) is 25.9 Å². The van der Waals surface area contributed by atoms with Crippen molar-refractivity contribution in [2.75, 3.05) is 26.1 Å². The highest BCUT2D eigenvalue weighted by molar-refractivity contribution is 8.07. The van der Waals surface area contributed by atoms with Crippen LogP contribution in [0, 0.1) is 5.82 Å². The number of nitrogen functional groups attached to an aromatic ring is 1. The van der Waals surface area contributed by atoms with Gasteiger partial charge in [-0.05, 0) is 11.8 Å². The van der Waals surface area contributed by atoms with E-state index < -0.39 is 88.2 Å². The second-order valence-corrected chi connectivity index (χ2v) is 15.0. The molecule has 3 aromatic rings. The molecule has 4 aliphatic rings. The number of imidazole rings is 1. The van der Waals surface area contributed by atoms with E-state index in [-0.39, 0.29) is 34.8 Å². The van der Waals surface area contributed by atoms with Crippen LogP contribution in [0.15, 0.2) is 23.8 Å². The van der Waals surface area contributed by atoms with Gasteiger partial charge in [-0.25, -0.2) is 28.7 Å². The summed E-state index contributed by atoms with van der Waals surface area (Å²) < 4.78 is 86.5. The number of alkyl halides is 1. The second kappa shape index (κ2) is 11.9. The minimum Gasteiger partial charge on any atom is -0.382 e. The van der Waals surface area contributed by atoms with E-state index in [1.165, 1.54) is 28.8 Å². The SMILES string of the molecule is [B]P1(=O)OC[C@H]2O[C@@H](n3cc(F)c4c3N=CCC4=O)[C@@H](OC)C2OP(O)(=S)OC[C@H]2O[C@@H](n3cnc4c(N)ncnc43)C(F)[C@H]2O1. The van der Waals surface area contributed by atoms with Crippen molar-refractivity contribution in [1.29, 1.82) is 0 Å². The van der Waals surface area contributed by atoms with Gasteiger partial charge in [-0.3, -0.25) is 18.5 Å². The molecule has 3 aromatic heterocycles. The number of ether oxygens (including phenoxy) is 3. The topological polar surface area (TPSA) is 206 Å². The van der Waals surface area contributed by atoms with E-state index in [1.807, 2.05) is 0 Å². The highest BCUT2D eigenvalue weighted by Gasteiger charge is 2.54. The van der Waals surface area contributed by atoms with Crippen LogP contribution in [0.25, 0.3) is 11.2 Å². The normalized spacial score (nSPS) is 38.2. The number of methoxy groups -OCH3 is 1. The molecule has 10 atom stereocenters. The number of rotatable bonds is 3. The summed E-state index contributed by atoms with van der Waals surface area (Å²) in [5.74, 6) is -1.30. The van der Waals surface area contributed by atoms with E-state index in [0.717, 1.165) is 12.5 Å². The molecule has 0 aliphatic carbocycles. The number of halogens is 2. The summed E-state index contributed by atoms with van der Waals surface area (Å²) in [7, 11) is 2.62.